The smallest absolute Gasteiger partial charge is 0.182 e. The van der Waals surface area contributed by atoms with E-state index < -0.39 is 5.78 Å². The molecule has 30 heavy (non-hydrogen) atoms. The monoisotopic (exact) mass is 402 g/mol. The molecule has 0 atom stereocenters. The molecule has 5 heteroatoms. The van der Waals surface area contributed by atoms with Gasteiger partial charge in [-0.3, -0.25) is 4.79 Å². The number of benzene rings is 3. The molecule has 0 amide bonds. The fraction of sp³-hybridized carbons (Fsp3) is 0.0800. The average Bonchev–Trinajstić information content (AvgIpc) is 2.77. The van der Waals surface area contributed by atoms with Crippen LogP contribution >= 0.6 is 0 Å². The number of hydrogen-bond acceptors (Lipinski definition) is 5. The van der Waals surface area contributed by atoms with E-state index in [1.165, 1.54) is 12.1 Å². The van der Waals surface area contributed by atoms with Gasteiger partial charge in [-0.1, -0.05) is 54.6 Å². The molecule has 3 aromatic carbocycles. The first-order valence-corrected chi connectivity index (χ1v) is 9.32. The van der Waals surface area contributed by atoms with Crippen LogP contribution in [0.4, 0.5) is 0 Å². The molecular formula is C25H22O5. The summed E-state index contributed by atoms with van der Waals surface area (Å²) in [6.45, 7) is 0.260. The van der Waals surface area contributed by atoms with Crippen molar-refractivity contribution in [3.63, 3.8) is 0 Å². The third-order valence-corrected chi connectivity index (χ3v) is 4.33. The van der Waals surface area contributed by atoms with Crippen molar-refractivity contribution < 1.29 is 24.5 Å². The summed E-state index contributed by atoms with van der Waals surface area (Å²) in [5.41, 5.74) is 1.82. The molecule has 0 aliphatic rings. The van der Waals surface area contributed by atoms with Crippen molar-refractivity contribution in [3.8, 4) is 17.2 Å². The van der Waals surface area contributed by atoms with Gasteiger partial charge < -0.3 is 19.7 Å². The number of methoxy groups -OCH3 is 1. The molecule has 2 N–H and O–H groups in total. The number of phenols is 1. The van der Waals surface area contributed by atoms with Crippen LogP contribution in [0.5, 0.6) is 17.2 Å². The maximum Gasteiger partial charge on any atom is 0.182 e. The number of aromatic hydroxyl groups is 1. The molecule has 0 aliphatic heterocycles. The third-order valence-electron chi connectivity index (χ3n) is 4.33. The summed E-state index contributed by atoms with van der Waals surface area (Å²) in [6, 6.07) is 21.4. The van der Waals surface area contributed by atoms with E-state index in [1.807, 2.05) is 42.5 Å². The van der Waals surface area contributed by atoms with E-state index in [-0.39, 0.29) is 29.4 Å². The van der Waals surface area contributed by atoms with Gasteiger partial charge in [0, 0.05) is 6.08 Å². The van der Waals surface area contributed by atoms with Crippen LogP contribution in [-0.2, 0) is 11.4 Å². The lowest BCUT2D eigenvalue weighted by molar-refractivity contribution is -0.110. The van der Waals surface area contributed by atoms with Gasteiger partial charge in [0.05, 0.1) is 7.11 Å². The molecule has 3 rings (SSSR count). The number of rotatable bonds is 8. The number of ketones is 1. The van der Waals surface area contributed by atoms with Gasteiger partial charge in [-0.05, 0) is 41.5 Å². The van der Waals surface area contributed by atoms with Gasteiger partial charge >= 0.3 is 0 Å². The molecule has 0 saturated heterocycles. The molecule has 0 saturated carbocycles. The summed E-state index contributed by atoms with van der Waals surface area (Å²) in [5.74, 6) is 0.0144. The lowest BCUT2D eigenvalue weighted by Gasteiger charge is -2.12. The molecule has 0 aliphatic carbocycles. The standard InChI is InChI=1S/C25H22O5/c1-29-21-14-11-18(12-15-21)10-13-20(26)16-23(28)25-22(27)8-5-9-24(25)30-17-19-6-3-2-4-7-19/h2-16,27-28H,17H2,1H3/b13-10+,23-16-. The largest absolute Gasteiger partial charge is 0.507 e. The van der Waals surface area contributed by atoms with Crippen LogP contribution in [-0.4, -0.2) is 23.1 Å². The Morgan fingerprint density at radius 2 is 1.70 bits per heavy atom. The van der Waals surface area contributed by atoms with Crippen LogP contribution in [0.3, 0.4) is 0 Å². The Bertz CT molecular complexity index is 1050. The Morgan fingerprint density at radius 1 is 0.967 bits per heavy atom. The van der Waals surface area contributed by atoms with E-state index in [9.17, 15) is 15.0 Å². The summed E-state index contributed by atoms with van der Waals surface area (Å²) in [6.07, 6.45) is 4.01. The molecule has 0 fully saturated rings. The molecule has 152 valence electrons. The Labute approximate surface area is 175 Å². The van der Waals surface area contributed by atoms with Gasteiger partial charge in [-0.2, -0.15) is 0 Å². The minimum atomic E-state index is -0.430. The van der Waals surface area contributed by atoms with Gasteiger partial charge in [0.25, 0.3) is 0 Å². The SMILES string of the molecule is COc1ccc(/C=C/C(=O)/C=C(\O)c2c(O)cccc2OCc2ccccc2)cc1. The van der Waals surface area contributed by atoms with Crippen LogP contribution in [0.15, 0.2) is 84.9 Å². The fourth-order valence-corrected chi connectivity index (χ4v) is 2.78. The first-order valence-electron chi connectivity index (χ1n) is 9.32. The molecule has 3 aromatic rings. The van der Waals surface area contributed by atoms with E-state index in [2.05, 4.69) is 0 Å². The van der Waals surface area contributed by atoms with Crippen LogP contribution in [0.25, 0.3) is 11.8 Å². The zero-order valence-corrected chi connectivity index (χ0v) is 16.5. The number of carbonyl (C=O) groups is 1. The first kappa shape index (κ1) is 20.7. The lowest BCUT2D eigenvalue weighted by Crippen LogP contribution is -1.99. The van der Waals surface area contributed by atoms with E-state index in [1.54, 1.807) is 37.5 Å². The minimum absolute atomic E-state index is 0.0691. The van der Waals surface area contributed by atoms with Crippen molar-refractivity contribution in [1.29, 1.82) is 0 Å². The van der Waals surface area contributed by atoms with Crippen molar-refractivity contribution in [3.05, 3.63) is 102 Å². The van der Waals surface area contributed by atoms with Crippen molar-refractivity contribution in [2.75, 3.05) is 7.11 Å². The number of phenolic OH excluding ortho intramolecular Hbond substituents is 1. The number of ether oxygens (including phenoxy) is 2. The van der Waals surface area contributed by atoms with Gasteiger partial charge in [0.2, 0.25) is 0 Å². The molecule has 5 nitrogen and oxygen atoms in total. The molecular weight excluding hydrogens is 380 g/mol. The van der Waals surface area contributed by atoms with E-state index in [4.69, 9.17) is 9.47 Å². The fourth-order valence-electron chi connectivity index (χ4n) is 2.78. The Kier molecular flexibility index (Phi) is 6.90. The van der Waals surface area contributed by atoms with Crippen LogP contribution < -0.4 is 9.47 Å². The van der Waals surface area contributed by atoms with Gasteiger partial charge in [-0.15, -0.1) is 0 Å². The molecule has 0 bridgehead atoms. The van der Waals surface area contributed by atoms with Gasteiger partial charge in [0.1, 0.15) is 35.2 Å². The van der Waals surface area contributed by atoms with Crippen molar-refractivity contribution in [2.45, 2.75) is 6.61 Å². The van der Waals surface area contributed by atoms with E-state index >= 15 is 0 Å². The zero-order chi connectivity index (χ0) is 21.3. The molecule has 0 heterocycles. The van der Waals surface area contributed by atoms with Crippen LogP contribution in [0.1, 0.15) is 16.7 Å². The quantitative estimate of drug-likeness (QED) is 0.402. The summed E-state index contributed by atoms with van der Waals surface area (Å²) in [7, 11) is 1.58. The molecule has 0 spiro atoms. The summed E-state index contributed by atoms with van der Waals surface area (Å²) in [4.78, 5) is 12.3. The van der Waals surface area contributed by atoms with Crippen molar-refractivity contribution >= 4 is 17.6 Å². The Morgan fingerprint density at radius 3 is 2.40 bits per heavy atom. The number of allylic oxidation sites excluding steroid dienone is 2. The number of hydrogen-bond donors (Lipinski definition) is 2. The first-order chi connectivity index (χ1) is 14.6. The second-order valence-corrected chi connectivity index (χ2v) is 6.46. The maximum atomic E-state index is 12.3. The second kappa shape index (κ2) is 9.98. The van der Waals surface area contributed by atoms with E-state index in [0.29, 0.717) is 0 Å². The van der Waals surface area contributed by atoms with Gasteiger partial charge in [-0.25, -0.2) is 0 Å². The highest BCUT2D eigenvalue weighted by molar-refractivity contribution is 6.06. The van der Waals surface area contributed by atoms with Gasteiger partial charge in [0.15, 0.2) is 5.78 Å². The zero-order valence-electron chi connectivity index (χ0n) is 16.5. The normalized spacial score (nSPS) is 11.4. The molecule has 0 radical (unpaired) electrons. The third kappa shape index (κ3) is 5.52. The Balaban J connectivity index is 1.75. The molecule has 0 aromatic heterocycles. The predicted molar refractivity (Wildman–Crippen MR) is 117 cm³/mol. The number of carbonyl (C=O) groups excluding carboxylic acids is 1. The summed E-state index contributed by atoms with van der Waals surface area (Å²) in [5, 5.41) is 20.7. The van der Waals surface area contributed by atoms with Crippen molar-refractivity contribution in [2.24, 2.45) is 0 Å². The summed E-state index contributed by atoms with van der Waals surface area (Å²) < 4.78 is 10.9. The number of aliphatic hydroxyl groups is 1. The summed E-state index contributed by atoms with van der Waals surface area (Å²) >= 11 is 0. The average molecular weight is 402 g/mol. The topological polar surface area (TPSA) is 76.0 Å². The highest BCUT2D eigenvalue weighted by Crippen LogP contribution is 2.33. The van der Waals surface area contributed by atoms with E-state index in [0.717, 1.165) is 23.0 Å². The predicted octanol–water partition coefficient (Wildman–Crippen LogP) is 5.16. The van der Waals surface area contributed by atoms with Crippen LogP contribution in [0, 0.1) is 0 Å². The lowest BCUT2D eigenvalue weighted by atomic mass is 10.1. The second-order valence-electron chi connectivity index (χ2n) is 6.46. The minimum Gasteiger partial charge on any atom is -0.507 e. The number of aliphatic hydroxyl groups excluding tert-OH is 1. The highest BCUT2D eigenvalue weighted by Gasteiger charge is 2.14. The van der Waals surface area contributed by atoms with Crippen LogP contribution in [0.2, 0.25) is 0 Å². The maximum absolute atomic E-state index is 12.3. The Hall–Kier alpha value is -3.99. The highest BCUT2D eigenvalue weighted by atomic mass is 16.5. The van der Waals surface area contributed by atoms with Crippen molar-refractivity contribution in [1.82, 2.24) is 0 Å². The molecule has 0 unspecified atom stereocenters.